The maximum atomic E-state index is 10.0. The Hall–Kier alpha value is -9.03. The van der Waals surface area contributed by atoms with Crippen LogP contribution in [0.15, 0.2) is 230 Å². The predicted molar refractivity (Wildman–Crippen MR) is 359 cm³/mol. The van der Waals surface area contributed by atoms with Gasteiger partial charge in [0.1, 0.15) is 0 Å². The summed E-state index contributed by atoms with van der Waals surface area (Å²) in [5.74, 6) is -0.0185. The molecule has 0 unspecified atom stereocenters. The second-order valence-electron chi connectivity index (χ2n) is 24.8. The first-order valence-electron chi connectivity index (χ1n) is 34.0. The van der Waals surface area contributed by atoms with Crippen LogP contribution in [0.25, 0.3) is 88.7 Å². The van der Waals surface area contributed by atoms with Gasteiger partial charge >= 0.3 is 455 Å². The van der Waals surface area contributed by atoms with E-state index in [9.17, 15) is 12.3 Å². The fourth-order valence-electron chi connectivity index (χ4n) is 12.3. The molecule has 4 heterocycles. The fourth-order valence-corrected chi connectivity index (χ4v) is 13.3. The third kappa shape index (κ3) is 10.1. The summed E-state index contributed by atoms with van der Waals surface area (Å²) in [6, 6.07) is 72.7. The molecule has 10 aromatic carbocycles. The molecule has 13 aromatic rings. The van der Waals surface area contributed by atoms with Gasteiger partial charge in [-0.3, -0.25) is 0 Å². The minimum atomic E-state index is -2.69. The van der Waals surface area contributed by atoms with E-state index in [1.54, 1.807) is 28.8 Å². The number of ether oxygens (including phenoxy) is 1. The summed E-state index contributed by atoms with van der Waals surface area (Å²) in [4.78, 5) is 7.44. The van der Waals surface area contributed by atoms with Gasteiger partial charge in [0.25, 0.3) is 0 Å². The molecule has 8 heteroatoms. The number of hydrogen-bond donors (Lipinski definition) is 0. The average molecular weight is 1320 g/mol. The van der Waals surface area contributed by atoms with Crippen LogP contribution in [0.4, 0.5) is 11.5 Å². The number of aromatic nitrogens is 4. The summed E-state index contributed by atoms with van der Waals surface area (Å²) in [6.45, 7) is 13.6. The van der Waals surface area contributed by atoms with Gasteiger partial charge in [-0.1, -0.05) is 48.5 Å². The zero-order valence-corrected chi connectivity index (χ0v) is 52.0. The molecule has 0 saturated carbocycles. The second-order valence-corrected chi connectivity index (χ2v) is 25.8. The van der Waals surface area contributed by atoms with Crippen LogP contribution in [0, 0.1) is 28.7 Å². The number of rotatable bonds is 12. The molecule has 14 rings (SSSR count). The maximum absolute atomic E-state index is 10.0. The van der Waals surface area contributed by atoms with Gasteiger partial charge in [0, 0.05) is 5.52 Å². The monoisotopic (exact) mass is 1320 g/mol. The van der Waals surface area contributed by atoms with Crippen molar-refractivity contribution < 1.29 is 36.4 Å². The van der Waals surface area contributed by atoms with Crippen molar-refractivity contribution in [3.63, 3.8) is 0 Å². The zero-order chi connectivity index (χ0) is 67.7. The van der Waals surface area contributed by atoms with Crippen LogP contribution in [0.2, 0.25) is 0 Å². The Morgan fingerprint density at radius 1 is 0.621 bits per heavy atom. The molecule has 0 amide bonds. The third-order valence-corrected chi connectivity index (χ3v) is 17.5. The Labute approximate surface area is 535 Å². The van der Waals surface area contributed by atoms with E-state index in [0.717, 1.165) is 60.6 Å². The molecule has 1 aliphatic rings. The molecule has 0 spiro atoms. The van der Waals surface area contributed by atoms with Crippen molar-refractivity contribution >= 4 is 56.8 Å². The predicted octanol–water partition coefficient (Wildman–Crippen LogP) is 19.6. The van der Waals surface area contributed by atoms with Gasteiger partial charge < -0.3 is 0 Å². The number of fused-ring (bicyclic) bond motifs is 4. The molecule has 0 aliphatic carbocycles. The van der Waals surface area contributed by atoms with Crippen molar-refractivity contribution in [2.45, 2.75) is 79.4 Å². The Kier molecular flexibility index (Phi) is 11.7. The summed E-state index contributed by atoms with van der Waals surface area (Å²) in [5, 5.41) is 2.09. The summed E-state index contributed by atoms with van der Waals surface area (Å²) in [6.07, 6.45) is -1.84. The molecule has 0 radical (unpaired) electrons. The number of aryl methyl sites for hydroxylation is 1. The minimum absolute atomic E-state index is 0.00447. The molecule has 0 bridgehead atoms. The summed E-state index contributed by atoms with van der Waals surface area (Å²) < 4.78 is 99.7. The number of para-hydroxylation sites is 3. The van der Waals surface area contributed by atoms with Crippen LogP contribution < -0.4 is 15.0 Å². The van der Waals surface area contributed by atoms with E-state index in [1.807, 2.05) is 132 Å². The van der Waals surface area contributed by atoms with E-state index in [1.165, 1.54) is 0 Å². The quantitative estimate of drug-likeness (QED) is 0.0904. The van der Waals surface area contributed by atoms with Crippen LogP contribution in [0.1, 0.15) is 90.0 Å². The first-order chi connectivity index (χ1) is 45.7. The van der Waals surface area contributed by atoms with E-state index in [0.29, 0.717) is 48.9 Å². The van der Waals surface area contributed by atoms with E-state index in [2.05, 4.69) is 150 Å². The molecule has 0 atom stereocenters. The molecular weight excluding hydrogens is 1240 g/mol. The molecule has 430 valence electrons. The summed E-state index contributed by atoms with van der Waals surface area (Å²) >= 11 is 2.21. The summed E-state index contributed by atoms with van der Waals surface area (Å²) in [5.41, 5.74) is 12.4. The second kappa shape index (κ2) is 22.0. The van der Waals surface area contributed by atoms with E-state index < -0.39 is 38.2 Å². The van der Waals surface area contributed by atoms with Gasteiger partial charge in [-0.25, -0.2) is 0 Å². The van der Waals surface area contributed by atoms with Crippen molar-refractivity contribution in [3.8, 4) is 67.5 Å². The van der Waals surface area contributed by atoms with Crippen LogP contribution in [-0.2, 0) is 36.6 Å². The number of anilines is 2. The molecule has 0 N–H and O–H groups in total. The normalized spacial score (nSPS) is 14.4. The Morgan fingerprint density at radius 2 is 1.23 bits per heavy atom. The molecule has 0 saturated heterocycles. The Bertz CT molecular complexity index is 5270. The number of imidazole rings is 1. The van der Waals surface area contributed by atoms with Gasteiger partial charge in [-0.2, -0.15) is 12.1 Å². The molecule has 6 nitrogen and oxygen atoms in total. The van der Waals surface area contributed by atoms with Crippen molar-refractivity contribution in [2.24, 2.45) is 5.92 Å². The van der Waals surface area contributed by atoms with Crippen LogP contribution in [0.3, 0.4) is 0 Å². The van der Waals surface area contributed by atoms with E-state index >= 15 is 0 Å². The SMILES string of the molecule is [2H]c1c([2H])c([2H])c2c(c1[2H])n(-c1[c-]c(Oc3nc(N4B(c5ccccc5)n5c6ccccc6c6cc[c-]c4c65)cc(C([2H])([2H])[2H])c3-c3ccccc3)ccc1)[c](=[Pt])n2-c1c(-c2ccc(-c3ccccc3)cc2)cc(C([2H])([2H])C(C)C)cc1-c1cc(C(C)(C)C)cc(C(C)(C)C)c1. The average Bonchev–Trinajstić information content (AvgIpc) is 1.52. The standard InChI is InChI=1S/C79H68BN5O.Pt/c1-52(2)43-54-45-67(57-41-39-56(40-42-57)55-25-13-10-14-26-55)75(68(46-54)59-47-60(78(4,5)6)49-61(48-59)79(7,8)9)83-51-82(70-36-21-22-37-71(70)83)63-31-23-32-64(50-63)86-77-74(58-27-15-11-16-28-58)53(3)44-73(81-77)84-72-38-24-34-66-65-33-19-20-35-69(65)85(76(66)72)80(84)62-29-17-12-18-30-62;/h10-37,39-42,44-49,52H,43H2,1-9H3;/q-2;/i3D3,21D,22D,36D,37D,43D2;. The fraction of sp³-hybridized carbons (Fsp3) is 0.165. The van der Waals surface area contributed by atoms with Crippen molar-refractivity contribution in [2.75, 3.05) is 4.81 Å². The van der Waals surface area contributed by atoms with Crippen molar-refractivity contribution in [3.05, 3.63) is 269 Å². The Balaban J connectivity index is 1.03. The molecule has 1 aliphatic heterocycles. The third-order valence-electron chi connectivity index (χ3n) is 16.5. The van der Waals surface area contributed by atoms with E-state index in [-0.39, 0.29) is 56.7 Å². The van der Waals surface area contributed by atoms with Gasteiger partial charge in [-0.15, -0.1) is 5.39 Å². The van der Waals surface area contributed by atoms with Crippen LogP contribution >= 0.6 is 0 Å². The van der Waals surface area contributed by atoms with Gasteiger partial charge in [0.05, 0.1) is 0 Å². The first-order valence-corrected chi connectivity index (χ1v) is 30.6. The van der Waals surface area contributed by atoms with Crippen LogP contribution in [-0.4, -0.2) is 25.6 Å². The molecule has 3 aromatic heterocycles. The van der Waals surface area contributed by atoms with Crippen molar-refractivity contribution in [1.82, 2.24) is 18.6 Å². The Morgan fingerprint density at radius 3 is 1.90 bits per heavy atom. The topological polar surface area (TPSA) is 40.1 Å². The number of hydrogen-bond acceptors (Lipinski definition) is 3. The molecule has 0 fully saturated rings. The zero-order valence-electron chi connectivity index (χ0n) is 58.7. The number of nitrogens with zero attached hydrogens (tertiary/aromatic N) is 5. The number of benzene rings is 10. The molecule has 87 heavy (non-hydrogen) atoms. The van der Waals surface area contributed by atoms with Gasteiger partial charge in [0.2, 0.25) is 0 Å². The summed E-state index contributed by atoms with van der Waals surface area (Å²) in [7, 11) is 0. The van der Waals surface area contributed by atoms with E-state index in [4.69, 9.17) is 9.72 Å². The van der Waals surface area contributed by atoms with Crippen LogP contribution in [0.5, 0.6) is 11.6 Å². The molecular formula is C79H68BN5OPt-2. The first kappa shape index (κ1) is 46.2. The number of pyridine rings is 1. The van der Waals surface area contributed by atoms with Crippen molar-refractivity contribution in [1.29, 1.82) is 0 Å². The van der Waals surface area contributed by atoms with Gasteiger partial charge in [-0.05, 0) is 11.5 Å². The van der Waals surface area contributed by atoms with Gasteiger partial charge in [0.15, 0.2) is 0 Å².